The molecule has 0 saturated heterocycles. The number of nitrogens with zero attached hydrogens (tertiary/aromatic N) is 1. The number of primary sulfonamides is 1. The molecule has 0 unspecified atom stereocenters. The van der Waals surface area contributed by atoms with E-state index in [4.69, 9.17) is 9.66 Å². The van der Waals surface area contributed by atoms with Gasteiger partial charge in [-0.3, -0.25) is 0 Å². The Morgan fingerprint density at radius 2 is 2.38 bits per heavy atom. The van der Waals surface area contributed by atoms with Crippen molar-refractivity contribution >= 4 is 10.0 Å². The molecule has 0 radical (unpaired) electrons. The lowest BCUT2D eigenvalue weighted by Crippen LogP contribution is -2.26. The third-order valence-corrected chi connectivity index (χ3v) is 2.13. The van der Waals surface area contributed by atoms with E-state index in [-0.39, 0.29) is 5.75 Å². The van der Waals surface area contributed by atoms with Gasteiger partial charge in [-0.2, -0.15) is 0 Å². The van der Waals surface area contributed by atoms with Gasteiger partial charge >= 0.3 is 0 Å². The molecule has 0 aliphatic carbocycles. The summed E-state index contributed by atoms with van der Waals surface area (Å²) in [6, 6.07) is 1.70. The molecule has 6 nitrogen and oxygen atoms in total. The highest BCUT2D eigenvalue weighted by Gasteiger charge is 2.01. The zero-order valence-corrected chi connectivity index (χ0v) is 7.75. The van der Waals surface area contributed by atoms with Gasteiger partial charge in [0.2, 0.25) is 10.0 Å². The molecule has 0 bridgehead atoms. The van der Waals surface area contributed by atoms with Crippen LogP contribution in [0.3, 0.4) is 0 Å². The molecule has 13 heavy (non-hydrogen) atoms. The van der Waals surface area contributed by atoms with Crippen molar-refractivity contribution in [3.63, 3.8) is 0 Å². The molecule has 0 spiro atoms. The van der Waals surface area contributed by atoms with Gasteiger partial charge in [-0.1, -0.05) is 5.16 Å². The molecule has 1 aromatic rings. The molecule has 1 rings (SSSR count). The highest BCUT2D eigenvalue weighted by atomic mass is 32.2. The molecule has 0 saturated carbocycles. The minimum absolute atomic E-state index is 0.0822. The summed E-state index contributed by atoms with van der Waals surface area (Å²) in [6.07, 6.45) is 1.52. The first kappa shape index (κ1) is 10.2. The number of nitrogens with two attached hydrogens (primary N) is 1. The van der Waals surface area contributed by atoms with Crippen LogP contribution >= 0.6 is 0 Å². The maximum Gasteiger partial charge on any atom is 0.210 e. The molecule has 0 amide bonds. The highest BCUT2D eigenvalue weighted by molar-refractivity contribution is 7.89. The number of nitrogens with one attached hydrogen (secondary N) is 1. The number of hydrogen-bond acceptors (Lipinski definition) is 5. The molecular formula is C6H11N3O3S. The first-order chi connectivity index (χ1) is 6.08. The maximum absolute atomic E-state index is 10.5. The van der Waals surface area contributed by atoms with E-state index < -0.39 is 10.0 Å². The van der Waals surface area contributed by atoms with Crippen molar-refractivity contribution < 1.29 is 12.9 Å². The lowest BCUT2D eigenvalue weighted by atomic mass is 10.4. The Hall–Kier alpha value is -0.920. The third-order valence-electron chi connectivity index (χ3n) is 1.35. The Kier molecular flexibility index (Phi) is 3.40. The van der Waals surface area contributed by atoms with Crippen LogP contribution in [0.4, 0.5) is 0 Å². The van der Waals surface area contributed by atoms with E-state index in [2.05, 4.69) is 10.5 Å². The SMILES string of the molecule is NS(=O)(=O)CCNCc1ccno1. The molecule has 0 fully saturated rings. The lowest BCUT2D eigenvalue weighted by Gasteiger charge is -1.99. The van der Waals surface area contributed by atoms with Crippen LogP contribution in [0.5, 0.6) is 0 Å². The standard InChI is InChI=1S/C6H11N3O3S/c7-13(10,11)4-3-8-5-6-1-2-9-12-6/h1-2,8H,3-5H2,(H2,7,10,11). The van der Waals surface area contributed by atoms with Crippen LogP contribution in [-0.2, 0) is 16.6 Å². The van der Waals surface area contributed by atoms with Gasteiger partial charge in [0.15, 0.2) is 0 Å². The Labute approximate surface area is 76.1 Å². The summed E-state index contributed by atoms with van der Waals surface area (Å²) >= 11 is 0. The van der Waals surface area contributed by atoms with Crippen molar-refractivity contribution in [3.8, 4) is 0 Å². The first-order valence-electron chi connectivity index (χ1n) is 3.69. The fourth-order valence-electron chi connectivity index (χ4n) is 0.759. The second kappa shape index (κ2) is 4.35. The van der Waals surface area contributed by atoms with Crippen LogP contribution in [-0.4, -0.2) is 25.9 Å². The zero-order valence-electron chi connectivity index (χ0n) is 6.93. The van der Waals surface area contributed by atoms with Crippen molar-refractivity contribution in [1.29, 1.82) is 0 Å². The van der Waals surface area contributed by atoms with Crippen LogP contribution < -0.4 is 10.5 Å². The number of hydrogen-bond donors (Lipinski definition) is 2. The Balaban J connectivity index is 2.16. The van der Waals surface area contributed by atoms with Crippen molar-refractivity contribution in [2.75, 3.05) is 12.3 Å². The molecule has 7 heteroatoms. The molecule has 0 atom stereocenters. The molecular weight excluding hydrogens is 194 g/mol. The van der Waals surface area contributed by atoms with Crippen LogP contribution in [0, 0.1) is 0 Å². The fourth-order valence-corrected chi connectivity index (χ4v) is 1.19. The molecule has 3 N–H and O–H groups in total. The van der Waals surface area contributed by atoms with Crippen molar-refractivity contribution in [2.24, 2.45) is 5.14 Å². The smallest absolute Gasteiger partial charge is 0.210 e. The topological polar surface area (TPSA) is 98.2 Å². The number of aromatic nitrogens is 1. The predicted molar refractivity (Wildman–Crippen MR) is 46.2 cm³/mol. The summed E-state index contributed by atoms with van der Waals surface area (Å²) in [6.45, 7) is 0.759. The van der Waals surface area contributed by atoms with Gasteiger partial charge < -0.3 is 9.84 Å². The van der Waals surface area contributed by atoms with E-state index in [1.54, 1.807) is 6.07 Å². The summed E-state index contributed by atoms with van der Waals surface area (Å²) < 4.78 is 25.8. The third kappa shape index (κ3) is 4.61. The van der Waals surface area contributed by atoms with E-state index >= 15 is 0 Å². The average Bonchev–Trinajstić information content (AvgIpc) is 2.48. The molecule has 0 aromatic carbocycles. The Bertz CT molecular complexity index is 332. The Morgan fingerprint density at radius 1 is 1.62 bits per heavy atom. The minimum Gasteiger partial charge on any atom is -0.360 e. The minimum atomic E-state index is -3.37. The van der Waals surface area contributed by atoms with Gasteiger partial charge in [-0.25, -0.2) is 13.6 Å². The predicted octanol–water partition coefficient (Wildman–Crippen LogP) is -0.947. The summed E-state index contributed by atoms with van der Waals surface area (Å²) in [5, 5.41) is 11.1. The Morgan fingerprint density at radius 3 is 2.92 bits per heavy atom. The zero-order chi connectivity index (χ0) is 9.73. The molecule has 0 aliphatic rings. The molecule has 1 aromatic heterocycles. The van der Waals surface area contributed by atoms with E-state index in [1.807, 2.05) is 0 Å². The molecule has 1 heterocycles. The lowest BCUT2D eigenvalue weighted by molar-refractivity contribution is 0.374. The molecule has 74 valence electrons. The summed E-state index contributed by atoms with van der Waals surface area (Å²) in [5.41, 5.74) is 0. The van der Waals surface area contributed by atoms with Gasteiger partial charge in [0, 0.05) is 12.6 Å². The highest BCUT2D eigenvalue weighted by Crippen LogP contribution is 1.94. The van der Waals surface area contributed by atoms with Gasteiger partial charge in [-0.05, 0) is 0 Å². The second-order valence-corrected chi connectivity index (χ2v) is 4.26. The maximum atomic E-state index is 10.5. The van der Waals surface area contributed by atoms with Gasteiger partial charge in [-0.15, -0.1) is 0 Å². The van der Waals surface area contributed by atoms with Gasteiger partial charge in [0.25, 0.3) is 0 Å². The monoisotopic (exact) mass is 205 g/mol. The van der Waals surface area contributed by atoms with Crippen LogP contribution in [0.25, 0.3) is 0 Å². The quantitative estimate of drug-likeness (QED) is 0.604. The van der Waals surface area contributed by atoms with E-state index in [1.165, 1.54) is 6.20 Å². The van der Waals surface area contributed by atoms with Gasteiger partial charge in [0.05, 0.1) is 18.5 Å². The van der Waals surface area contributed by atoms with Gasteiger partial charge in [0.1, 0.15) is 5.76 Å². The van der Waals surface area contributed by atoms with Crippen molar-refractivity contribution in [1.82, 2.24) is 10.5 Å². The number of sulfonamides is 1. The van der Waals surface area contributed by atoms with Crippen LogP contribution in [0.1, 0.15) is 5.76 Å². The van der Waals surface area contributed by atoms with Crippen LogP contribution in [0.2, 0.25) is 0 Å². The first-order valence-corrected chi connectivity index (χ1v) is 5.40. The number of rotatable bonds is 5. The van der Waals surface area contributed by atoms with E-state index in [0.717, 1.165) is 0 Å². The normalized spacial score (nSPS) is 11.8. The van der Waals surface area contributed by atoms with E-state index in [9.17, 15) is 8.42 Å². The van der Waals surface area contributed by atoms with Crippen LogP contribution in [0.15, 0.2) is 16.8 Å². The average molecular weight is 205 g/mol. The summed E-state index contributed by atoms with van der Waals surface area (Å²) in [5.74, 6) is 0.579. The molecule has 0 aliphatic heterocycles. The van der Waals surface area contributed by atoms with Crippen molar-refractivity contribution in [2.45, 2.75) is 6.54 Å². The fraction of sp³-hybridized carbons (Fsp3) is 0.500. The largest absolute Gasteiger partial charge is 0.360 e. The summed E-state index contributed by atoms with van der Waals surface area (Å²) in [7, 11) is -3.37. The van der Waals surface area contributed by atoms with E-state index in [0.29, 0.717) is 18.8 Å². The summed E-state index contributed by atoms with van der Waals surface area (Å²) in [4.78, 5) is 0. The van der Waals surface area contributed by atoms with Crippen molar-refractivity contribution in [3.05, 3.63) is 18.0 Å². The second-order valence-electron chi connectivity index (χ2n) is 2.52.